The van der Waals surface area contributed by atoms with E-state index in [0.717, 1.165) is 11.3 Å². The second-order valence-corrected chi connectivity index (χ2v) is 8.70. The van der Waals surface area contributed by atoms with Crippen LogP contribution in [0, 0.1) is 0 Å². The van der Waals surface area contributed by atoms with Gasteiger partial charge in [-0.25, -0.2) is 23.0 Å². The molecule has 1 aliphatic rings. The molecule has 1 saturated heterocycles. The summed E-state index contributed by atoms with van der Waals surface area (Å²) >= 11 is 1.08. The smallest absolute Gasteiger partial charge is 0.478 e. The molecule has 0 aromatic carbocycles. The van der Waals surface area contributed by atoms with Crippen LogP contribution in [0.15, 0.2) is 34.0 Å². The van der Waals surface area contributed by atoms with Gasteiger partial charge in [0.05, 0.1) is 25.1 Å². The van der Waals surface area contributed by atoms with Gasteiger partial charge in [-0.05, 0) is 17.5 Å². The highest BCUT2D eigenvalue weighted by atomic mass is 32.2. The van der Waals surface area contributed by atoms with Gasteiger partial charge in [0, 0.05) is 13.1 Å². The molecule has 3 N–H and O–H groups in total. The fourth-order valence-electron chi connectivity index (χ4n) is 2.32. The van der Waals surface area contributed by atoms with E-state index in [1.54, 1.807) is 11.4 Å². The number of nitrogens with zero attached hydrogens (tertiary/aromatic N) is 2. The molecule has 0 bridgehead atoms. The first-order valence-electron chi connectivity index (χ1n) is 8.34. The van der Waals surface area contributed by atoms with Crippen molar-refractivity contribution in [3.63, 3.8) is 0 Å². The third kappa shape index (κ3) is 6.80. The molecule has 15 heteroatoms. The van der Waals surface area contributed by atoms with E-state index >= 15 is 0 Å². The summed E-state index contributed by atoms with van der Waals surface area (Å²) in [6, 6.07) is 4.38. The van der Waals surface area contributed by atoms with Gasteiger partial charge in [0.2, 0.25) is 0 Å². The highest BCUT2D eigenvalue weighted by Gasteiger charge is 2.38. The van der Waals surface area contributed by atoms with Crippen LogP contribution in [-0.2, 0) is 19.6 Å². The number of rotatable bonds is 5. The van der Waals surface area contributed by atoms with Crippen LogP contribution in [-0.4, -0.2) is 68.0 Å². The van der Waals surface area contributed by atoms with Gasteiger partial charge in [-0.3, -0.25) is 4.72 Å². The average Bonchev–Trinajstić information content (AvgIpc) is 3.24. The predicted molar refractivity (Wildman–Crippen MR) is 103 cm³/mol. The Morgan fingerprint density at radius 3 is 2.32 bits per heavy atom. The zero-order valence-corrected chi connectivity index (χ0v) is 17.1. The Balaban J connectivity index is 0.000000423. The number of carboxylic acid groups (broad SMARTS) is 2. The first kappa shape index (κ1) is 24.4. The zero-order valence-electron chi connectivity index (χ0n) is 15.5. The Morgan fingerprint density at radius 1 is 1.23 bits per heavy atom. The predicted octanol–water partition coefficient (Wildman–Crippen LogP) is 2.11. The summed E-state index contributed by atoms with van der Waals surface area (Å²) < 4.78 is 63.9. The van der Waals surface area contributed by atoms with Crippen LogP contribution >= 0.6 is 11.3 Å². The Bertz CT molecular complexity index is 1020. The molecule has 2 aromatic heterocycles. The standard InChI is InChI=1S/C14H15N3O5S2.C2HF3O2/c18-14(19)11-8-10(16-24(20,21)12-2-1-7-23-12)9-15-13(11)17-3-5-22-6-4-17;3-2(4,5)1(6)7/h1-2,7-9,16H,3-6H2,(H,18,19);(H,6,7). The maximum absolute atomic E-state index is 12.2. The lowest BCUT2D eigenvalue weighted by Crippen LogP contribution is -2.37. The van der Waals surface area contributed by atoms with Gasteiger partial charge in [-0.15, -0.1) is 11.3 Å². The molecule has 1 fully saturated rings. The summed E-state index contributed by atoms with van der Waals surface area (Å²) in [7, 11) is -3.75. The molecule has 170 valence electrons. The third-order valence-electron chi connectivity index (χ3n) is 3.66. The van der Waals surface area contributed by atoms with E-state index in [1.807, 2.05) is 4.90 Å². The number of thiophene rings is 1. The maximum atomic E-state index is 12.2. The fraction of sp³-hybridized carbons (Fsp3) is 0.312. The Labute approximate surface area is 177 Å². The normalized spacial score (nSPS) is 14.4. The van der Waals surface area contributed by atoms with Gasteiger partial charge in [0.1, 0.15) is 15.6 Å². The van der Waals surface area contributed by atoms with Crippen molar-refractivity contribution in [2.24, 2.45) is 0 Å². The lowest BCUT2D eigenvalue weighted by atomic mass is 10.2. The molecule has 3 heterocycles. The first-order chi connectivity index (χ1) is 14.4. The van der Waals surface area contributed by atoms with Crippen molar-refractivity contribution in [3.8, 4) is 0 Å². The number of nitrogens with one attached hydrogen (secondary N) is 1. The van der Waals surface area contributed by atoms with Crippen molar-refractivity contribution in [3.05, 3.63) is 35.3 Å². The number of aromatic carboxylic acids is 1. The number of ether oxygens (including phenoxy) is 1. The number of aromatic nitrogens is 1. The van der Waals surface area contributed by atoms with E-state index in [9.17, 15) is 31.5 Å². The van der Waals surface area contributed by atoms with Crippen LogP contribution in [0.3, 0.4) is 0 Å². The molecule has 0 atom stereocenters. The van der Waals surface area contributed by atoms with E-state index in [4.69, 9.17) is 14.6 Å². The van der Waals surface area contributed by atoms with Crippen LogP contribution in [0.5, 0.6) is 0 Å². The van der Waals surface area contributed by atoms with E-state index in [2.05, 4.69) is 9.71 Å². The Kier molecular flexibility index (Phi) is 7.80. The van der Waals surface area contributed by atoms with Crippen LogP contribution in [0.4, 0.5) is 24.7 Å². The van der Waals surface area contributed by atoms with Crippen molar-refractivity contribution in [2.45, 2.75) is 10.4 Å². The van der Waals surface area contributed by atoms with Crippen molar-refractivity contribution in [1.29, 1.82) is 0 Å². The minimum atomic E-state index is -5.08. The molecule has 0 saturated carbocycles. The summed E-state index contributed by atoms with van der Waals surface area (Å²) in [4.78, 5) is 26.4. The van der Waals surface area contributed by atoms with Gasteiger partial charge in [-0.1, -0.05) is 6.07 Å². The number of aliphatic carboxylic acids is 1. The lowest BCUT2D eigenvalue weighted by Gasteiger charge is -2.28. The number of halogens is 3. The highest BCUT2D eigenvalue weighted by molar-refractivity contribution is 7.94. The monoisotopic (exact) mass is 483 g/mol. The number of morpholine rings is 1. The molecule has 10 nitrogen and oxygen atoms in total. The number of pyridine rings is 1. The number of hydrogen-bond acceptors (Lipinski definition) is 8. The summed E-state index contributed by atoms with van der Waals surface area (Å²) in [5, 5.41) is 18.2. The van der Waals surface area contributed by atoms with Crippen molar-refractivity contribution < 1.29 is 46.1 Å². The second kappa shape index (κ2) is 9.93. The molecule has 3 rings (SSSR count). The fourth-order valence-corrected chi connectivity index (χ4v) is 4.35. The van der Waals surface area contributed by atoms with Gasteiger partial charge in [0.25, 0.3) is 10.0 Å². The summed E-state index contributed by atoms with van der Waals surface area (Å²) in [6.45, 7) is 2.06. The first-order valence-corrected chi connectivity index (χ1v) is 10.7. The number of hydrogen-bond donors (Lipinski definition) is 3. The molecular weight excluding hydrogens is 467 g/mol. The summed E-state index contributed by atoms with van der Waals surface area (Å²) in [5.74, 6) is -3.61. The molecule has 1 aliphatic heterocycles. The molecular formula is C16H16F3N3O7S2. The topological polar surface area (TPSA) is 146 Å². The minimum absolute atomic E-state index is 0.0525. The molecule has 0 radical (unpaired) electrons. The molecule has 0 aliphatic carbocycles. The zero-order chi connectivity index (χ0) is 23.2. The number of carbonyl (C=O) groups is 2. The lowest BCUT2D eigenvalue weighted by molar-refractivity contribution is -0.192. The van der Waals surface area contributed by atoms with Crippen LogP contribution < -0.4 is 9.62 Å². The number of anilines is 2. The molecule has 0 unspecified atom stereocenters. The van der Waals surface area contributed by atoms with Crippen LogP contribution in [0.2, 0.25) is 0 Å². The summed E-state index contributed by atoms with van der Waals surface area (Å²) in [6.07, 6.45) is -3.76. The van der Waals surface area contributed by atoms with Gasteiger partial charge in [-0.2, -0.15) is 13.2 Å². The van der Waals surface area contributed by atoms with E-state index in [-0.39, 0.29) is 15.5 Å². The quantitative estimate of drug-likeness (QED) is 0.582. The Hall–Kier alpha value is -2.91. The number of carboxylic acids is 2. The molecule has 31 heavy (non-hydrogen) atoms. The second-order valence-electron chi connectivity index (χ2n) is 5.84. The van der Waals surface area contributed by atoms with Crippen molar-refractivity contribution >= 4 is 44.8 Å². The number of alkyl halides is 3. The summed E-state index contributed by atoms with van der Waals surface area (Å²) in [5.41, 5.74) is 0.0566. The average molecular weight is 483 g/mol. The minimum Gasteiger partial charge on any atom is -0.478 e. The van der Waals surface area contributed by atoms with Crippen LogP contribution in [0.1, 0.15) is 10.4 Å². The largest absolute Gasteiger partial charge is 0.490 e. The number of sulfonamides is 1. The molecule has 0 amide bonds. The van der Waals surface area contributed by atoms with Gasteiger partial charge in [0.15, 0.2) is 0 Å². The van der Waals surface area contributed by atoms with E-state index in [0.29, 0.717) is 32.1 Å². The van der Waals surface area contributed by atoms with E-state index in [1.165, 1.54) is 18.3 Å². The van der Waals surface area contributed by atoms with Gasteiger partial charge >= 0.3 is 18.1 Å². The maximum Gasteiger partial charge on any atom is 0.490 e. The van der Waals surface area contributed by atoms with Crippen LogP contribution in [0.25, 0.3) is 0 Å². The molecule has 0 spiro atoms. The Morgan fingerprint density at radius 2 is 1.84 bits per heavy atom. The SMILES string of the molecule is O=C(O)C(F)(F)F.O=C(O)c1cc(NS(=O)(=O)c2cccs2)cnc1N1CCOCC1. The third-order valence-corrected chi connectivity index (χ3v) is 6.44. The van der Waals surface area contributed by atoms with Crippen molar-refractivity contribution in [1.82, 2.24) is 4.98 Å². The highest BCUT2D eigenvalue weighted by Crippen LogP contribution is 2.25. The van der Waals surface area contributed by atoms with E-state index < -0.39 is 28.1 Å². The van der Waals surface area contributed by atoms with Gasteiger partial charge < -0.3 is 19.8 Å². The van der Waals surface area contributed by atoms with Crippen molar-refractivity contribution in [2.75, 3.05) is 35.9 Å². The molecule has 2 aromatic rings.